The van der Waals surface area contributed by atoms with Crippen LogP contribution in [0.2, 0.25) is 0 Å². The Balaban J connectivity index is 1.86. The van der Waals surface area contributed by atoms with Crippen molar-refractivity contribution in [2.24, 2.45) is 0 Å². The summed E-state index contributed by atoms with van der Waals surface area (Å²) >= 11 is 0. The molecule has 0 spiro atoms. The van der Waals surface area contributed by atoms with E-state index in [9.17, 15) is 8.42 Å². The number of rotatable bonds is 4. The molecule has 0 fully saturated rings. The second-order valence-electron chi connectivity index (χ2n) is 4.70. The molecule has 0 atom stereocenters. The second kappa shape index (κ2) is 5.01. The minimum Gasteiger partial charge on any atom is -0.394 e. The zero-order chi connectivity index (χ0) is 14.2. The summed E-state index contributed by atoms with van der Waals surface area (Å²) in [6, 6.07) is 7.71. The molecule has 1 N–H and O–H groups in total. The van der Waals surface area contributed by atoms with Gasteiger partial charge in [0.2, 0.25) is 10.0 Å². The Morgan fingerprint density at radius 1 is 1.20 bits per heavy atom. The number of fused-ring (bicyclic) bond motifs is 1. The van der Waals surface area contributed by atoms with Crippen molar-refractivity contribution in [1.29, 1.82) is 0 Å². The lowest BCUT2D eigenvalue weighted by Crippen LogP contribution is -2.25. The predicted molar refractivity (Wildman–Crippen MR) is 72.2 cm³/mol. The Morgan fingerprint density at radius 3 is 2.45 bits per heavy atom. The van der Waals surface area contributed by atoms with E-state index in [0.29, 0.717) is 13.1 Å². The van der Waals surface area contributed by atoms with E-state index in [1.165, 1.54) is 21.4 Å². The van der Waals surface area contributed by atoms with Crippen LogP contribution in [-0.4, -0.2) is 34.2 Å². The SMILES string of the molecule is O=S(=O)(c1cnn(CCO)c1)N1Cc2ccccc2C1. The molecule has 1 aliphatic heterocycles. The van der Waals surface area contributed by atoms with E-state index < -0.39 is 10.0 Å². The fourth-order valence-corrected chi connectivity index (χ4v) is 3.67. The third kappa shape index (κ3) is 2.24. The van der Waals surface area contributed by atoms with Gasteiger partial charge in [-0.15, -0.1) is 0 Å². The predicted octanol–water partition coefficient (Wildman–Crippen LogP) is 0.580. The molecular formula is C13H15N3O3S. The molecule has 0 unspecified atom stereocenters. The first kappa shape index (κ1) is 13.3. The van der Waals surface area contributed by atoms with Crippen molar-refractivity contribution >= 4 is 10.0 Å². The molecule has 2 heterocycles. The van der Waals surface area contributed by atoms with Crippen LogP contribution in [0.4, 0.5) is 0 Å². The standard InChI is InChI=1S/C13H15N3O3S/c17-6-5-15-10-13(7-14-15)20(18,19)16-8-11-3-1-2-4-12(11)9-16/h1-4,7,10,17H,5-6,8-9H2. The highest BCUT2D eigenvalue weighted by molar-refractivity contribution is 7.89. The highest BCUT2D eigenvalue weighted by Crippen LogP contribution is 2.28. The van der Waals surface area contributed by atoms with Crippen molar-refractivity contribution in [3.63, 3.8) is 0 Å². The van der Waals surface area contributed by atoms with Crippen LogP contribution in [0.1, 0.15) is 11.1 Å². The average molecular weight is 293 g/mol. The molecule has 0 saturated carbocycles. The molecule has 0 amide bonds. The molecule has 0 saturated heterocycles. The zero-order valence-corrected chi connectivity index (χ0v) is 11.6. The monoisotopic (exact) mass is 293 g/mol. The van der Waals surface area contributed by atoms with Gasteiger partial charge in [-0.3, -0.25) is 4.68 Å². The Morgan fingerprint density at radius 2 is 1.85 bits per heavy atom. The largest absolute Gasteiger partial charge is 0.394 e. The van der Waals surface area contributed by atoms with E-state index in [4.69, 9.17) is 5.11 Å². The Hall–Kier alpha value is -1.70. The van der Waals surface area contributed by atoms with Crippen LogP contribution < -0.4 is 0 Å². The van der Waals surface area contributed by atoms with E-state index >= 15 is 0 Å². The summed E-state index contributed by atoms with van der Waals surface area (Å²) in [5.74, 6) is 0. The number of aliphatic hydroxyl groups excluding tert-OH is 1. The lowest BCUT2D eigenvalue weighted by molar-refractivity contribution is 0.269. The van der Waals surface area contributed by atoms with Crippen LogP contribution in [0.25, 0.3) is 0 Å². The van der Waals surface area contributed by atoms with Crippen molar-refractivity contribution in [2.75, 3.05) is 6.61 Å². The Labute approximate surface area is 117 Å². The molecule has 1 aromatic carbocycles. The molecule has 1 aromatic heterocycles. The molecule has 1 aliphatic rings. The number of nitrogens with zero attached hydrogens (tertiary/aromatic N) is 3. The molecule has 3 rings (SSSR count). The average Bonchev–Trinajstić information content (AvgIpc) is 3.05. The summed E-state index contributed by atoms with van der Waals surface area (Å²) in [7, 11) is -3.54. The molecule has 2 aromatic rings. The van der Waals surface area contributed by atoms with E-state index in [1.807, 2.05) is 24.3 Å². The van der Waals surface area contributed by atoms with Gasteiger partial charge in [0, 0.05) is 19.3 Å². The summed E-state index contributed by atoms with van der Waals surface area (Å²) in [5, 5.41) is 12.8. The Kier molecular flexibility index (Phi) is 3.33. The van der Waals surface area contributed by atoms with Gasteiger partial charge in [-0.1, -0.05) is 24.3 Å². The molecule has 6 nitrogen and oxygen atoms in total. The van der Waals surface area contributed by atoms with Crippen LogP contribution in [0.5, 0.6) is 0 Å². The second-order valence-corrected chi connectivity index (χ2v) is 6.64. The van der Waals surface area contributed by atoms with Gasteiger partial charge in [-0.25, -0.2) is 8.42 Å². The van der Waals surface area contributed by atoms with Crippen LogP contribution >= 0.6 is 0 Å². The summed E-state index contributed by atoms with van der Waals surface area (Å²) in [4.78, 5) is 0.166. The summed E-state index contributed by atoms with van der Waals surface area (Å²) < 4.78 is 27.9. The molecule has 106 valence electrons. The summed E-state index contributed by atoms with van der Waals surface area (Å²) in [5.41, 5.74) is 2.08. The van der Waals surface area contributed by atoms with Crippen LogP contribution in [0.3, 0.4) is 0 Å². The van der Waals surface area contributed by atoms with Gasteiger partial charge < -0.3 is 5.11 Å². The lowest BCUT2D eigenvalue weighted by Gasteiger charge is -2.13. The summed E-state index contributed by atoms with van der Waals surface area (Å²) in [6.45, 7) is 0.999. The maximum atomic E-state index is 12.5. The smallest absolute Gasteiger partial charge is 0.246 e. The Bertz CT molecular complexity index is 699. The maximum absolute atomic E-state index is 12.5. The minimum atomic E-state index is -3.54. The molecule has 7 heteroatoms. The fourth-order valence-electron chi connectivity index (χ4n) is 2.32. The lowest BCUT2D eigenvalue weighted by atomic mass is 10.1. The molecule has 0 aliphatic carbocycles. The van der Waals surface area contributed by atoms with Crippen LogP contribution in [-0.2, 0) is 29.7 Å². The van der Waals surface area contributed by atoms with E-state index in [0.717, 1.165) is 11.1 Å². The highest BCUT2D eigenvalue weighted by atomic mass is 32.2. The zero-order valence-electron chi connectivity index (χ0n) is 10.8. The number of sulfonamides is 1. The highest BCUT2D eigenvalue weighted by Gasteiger charge is 2.31. The van der Waals surface area contributed by atoms with Crippen molar-refractivity contribution in [1.82, 2.24) is 14.1 Å². The molecule has 0 bridgehead atoms. The maximum Gasteiger partial charge on any atom is 0.246 e. The third-order valence-electron chi connectivity index (χ3n) is 3.39. The van der Waals surface area contributed by atoms with Crippen LogP contribution in [0.15, 0.2) is 41.6 Å². The van der Waals surface area contributed by atoms with Crippen molar-refractivity contribution in [3.05, 3.63) is 47.8 Å². The first-order valence-electron chi connectivity index (χ1n) is 6.31. The topological polar surface area (TPSA) is 75.4 Å². The van der Waals surface area contributed by atoms with Gasteiger partial charge in [-0.2, -0.15) is 9.40 Å². The van der Waals surface area contributed by atoms with Gasteiger partial charge in [0.25, 0.3) is 0 Å². The number of hydrogen-bond acceptors (Lipinski definition) is 4. The number of aliphatic hydroxyl groups is 1. The molecule has 0 radical (unpaired) electrons. The van der Waals surface area contributed by atoms with Gasteiger partial charge in [0.1, 0.15) is 4.90 Å². The molecular weight excluding hydrogens is 278 g/mol. The third-order valence-corrected chi connectivity index (χ3v) is 5.13. The van der Waals surface area contributed by atoms with Crippen molar-refractivity contribution in [3.8, 4) is 0 Å². The van der Waals surface area contributed by atoms with E-state index in [1.54, 1.807) is 0 Å². The van der Waals surface area contributed by atoms with Gasteiger partial charge in [0.05, 0.1) is 19.3 Å². The number of benzene rings is 1. The van der Waals surface area contributed by atoms with Gasteiger partial charge in [-0.05, 0) is 11.1 Å². The van der Waals surface area contributed by atoms with Gasteiger partial charge >= 0.3 is 0 Å². The van der Waals surface area contributed by atoms with Crippen LogP contribution in [0, 0.1) is 0 Å². The number of hydrogen-bond donors (Lipinski definition) is 1. The van der Waals surface area contributed by atoms with Crippen molar-refractivity contribution < 1.29 is 13.5 Å². The van der Waals surface area contributed by atoms with Crippen molar-refractivity contribution in [2.45, 2.75) is 24.5 Å². The fraction of sp³-hybridized carbons (Fsp3) is 0.308. The summed E-state index contributed by atoms with van der Waals surface area (Å²) in [6.07, 6.45) is 2.78. The quantitative estimate of drug-likeness (QED) is 0.894. The minimum absolute atomic E-state index is 0.0731. The first-order valence-corrected chi connectivity index (χ1v) is 7.75. The van der Waals surface area contributed by atoms with E-state index in [-0.39, 0.29) is 18.0 Å². The first-order chi connectivity index (χ1) is 9.61. The van der Waals surface area contributed by atoms with E-state index in [2.05, 4.69) is 5.10 Å². The normalized spacial score (nSPS) is 15.4. The number of aromatic nitrogens is 2. The van der Waals surface area contributed by atoms with Gasteiger partial charge in [0.15, 0.2) is 0 Å². The molecule has 20 heavy (non-hydrogen) atoms.